The lowest BCUT2D eigenvalue weighted by Gasteiger charge is -2.02. The molecule has 0 amide bonds. The minimum Gasteiger partial charge on any atom is -0.253 e. The van der Waals surface area contributed by atoms with Gasteiger partial charge in [0.15, 0.2) is 0 Å². The number of benzene rings is 1. The van der Waals surface area contributed by atoms with Crippen molar-refractivity contribution < 1.29 is 0 Å². The molecular weight excluding hydrogens is 154 g/mol. The number of aryl methyl sites for hydroxylation is 1. The molecule has 2 rings (SSSR count). The van der Waals surface area contributed by atoms with Gasteiger partial charge in [-0.2, -0.15) is 0 Å². The van der Waals surface area contributed by atoms with E-state index in [2.05, 4.69) is 36.8 Å². The highest BCUT2D eigenvalue weighted by Crippen LogP contribution is 2.34. The van der Waals surface area contributed by atoms with Crippen molar-refractivity contribution in [2.75, 3.05) is 0 Å². The Morgan fingerprint density at radius 3 is 3.09 bits per heavy atom. The van der Waals surface area contributed by atoms with E-state index in [1.807, 2.05) is 0 Å². The minimum absolute atomic E-state index is 0.509. The molecule has 1 unspecified atom stereocenters. The maximum absolute atomic E-state index is 3.33. The van der Waals surface area contributed by atoms with Crippen molar-refractivity contribution in [2.45, 2.75) is 24.8 Å². The summed E-state index contributed by atoms with van der Waals surface area (Å²) in [6, 6.07) is 7.11. The van der Waals surface area contributed by atoms with E-state index in [1.165, 1.54) is 16.0 Å². The lowest BCUT2D eigenvalue weighted by Crippen LogP contribution is -2.01. The summed E-state index contributed by atoms with van der Waals surface area (Å²) in [7, 11) is 0. The number of hydrogen-bond donors (Lipinski definition) is 1. The minimum atomic E-state index is 0.509. The first-order chi connectivity index (χ1) is 5.27. The standard InChI is InChI=1S/C9H11NS/c1-6-3-4-9-8(5-6)7(2)10-11-9/h3-5,7,10H,1-2H3. The van der Waals surface area contributed by atoms with Crippen LogP contribution in [0.5, 0.6) is 0 Å². The molecular formula is C9H11NS. The number of nitrogens with one attached hydrogen (secondary N) is 1. The summed E-state index contributed by atoms with van der Waals surface area (Å²) >= 11 is 1.73. The second-order valence-corrected chi connectivity index (χ2v) is 3.86. The smallest absolute Gasteiger partial charge is 0.0408 e. The van der Waals surface area contributed by atoms with Crippen LogP contribution in [0.15, 0.2) is 23.1 Å². The van der Waals surface area contributed by atoms with Crippen molar-refractivity contribution in [3.05, 3.63) is 29.3 Å². The van der Waals surface area contributed by atoms with Crippen LogP contribution < -0.4 is 4.72 Å². The Hall–Kier alpha value is -0.470. The van der Waals surface area contributed by atoms with E-state index in [1.54, 1.807) is 11.9 Å². The lowest BCUT2D eigenvalue weighted by molar-refractivity contribution is 0.765. The largest absolute Gasteiger partial charge is 0.253 e. The van der Waals surface area contributed by atoms with Gasteiger partial charge in [-0.1, -0.05) is 17.7 Å². The number of fused-ring (bicyclic) bond motifs is 1. The maximum Gasteiger partial charge on any atom is 0.0408 e. The molecule has 0 saturated carbocycles. The summed E-state index contributed by atoms with van der Waals surface area (Å²) in [6.07, 6.45) is 0. The van der Waals surface area contributed by atoms with Gasteiger partial charge in [0, 0.05) is 10.9 Å². The second kappa shape index (κ2) is 2.54. The fraction of sp³-hybridized carbons (Fsp3) is 0.333. The van der Waals surface area contributed by atoms with E-state index in [0.29, 0.717) is 6.04 Å². The Morgan fingerprint density at radius 1 is 1.45 bits per heavy atom. The van der Waals surface area contributed by atoms with Crippen molar-refractivity contribution in [1.29, 1.82) is 0 Å². The molecule has 58 valence electrons. The van der Waals surface area contributed by atoms with Crippen LogP contribution in [0.2, 0.25) is 0 Å². The van der Waals surface area contributed by atoms with Crippen LogP contribution in [-0.4, -0.2) is 0 Å². The van der Waals surface area contributed by atoms with Crippen molar-refractivity contribution >= 4 is 11.9 Å². The van der Waals surface area contributed by atoms with Gasteiger partial charge in [0.05, 0.1) is 0 Å². The van der Waals surface area contributed by atoms with E-state index in [-0.39, 0.29) is 0 Å². The third-order valence-electron chi connectivity index (χ3n) is 1.98. The zero-order chi connectivity index (χ0) is 7.84. The average molecular weight is 165 g/mol. The predicted molar refractivity (Wildman–Crippen MR) is 48.6 cm³/mol. The molecule has 1 nitrogen and oxygen atoms in total. The quantitative estimate of drug-likeness (QED) is 0.593. The first-order valence-corrected chi connectivity index (χ1v) is 4.62. The van der Waals surface area contributed by atoms with Gasteiger partial charge in [-0.15, -0.1) is 0 Å². The summed E-state index contributed by atoms with van der Waals surface area (Å²) in [5, 5.41) is 0. The summed E-state index contributed by atoms with van der Waals surface area (Å²) in [5.74, 6) is 0. The van der Waals surface area contributed by atoms with Crippen molar-refractivity contribution in [2.24, 2.45) is 0 Å². The van der Waals surface area contributed by atoms with Crippen molar-refractivity contribution in [3.8, 4) is 0 Å². The van der Waals surface area contributed by atoms with Crippen LogP contribution in [0.3, 0.4) is 0 Å². The molecule has 0 aliphatic carbocycles. The first kappa shape index (κ1) is 7.19. The maximum atomic E-state index is 3.33. The van der Waals surface area contributed by atoms with Crippen LogP contribution in [0.25, 0.3) is 0 Å². The highest BCUT2D eigenvalue weighted by molar-refractivity contribution is 7.97. The Morgan fingerprint density at radius 2 is 2.27 bits per heavy atom. The molecule has 0 radical (unpaired) electrons. The molecule has 1 N–H and O–H groups in total. The van der Waals surface area contributed by atoms with Gasteiger partial charge in [-0.05, 0) is 37.4 Å². The molecule has 1 aromatic rings. The predicted octanol–water partition coefficient (Wildman–Crippen LogP) is 2.67. The Labute approximate surface area is 71.3 Å². The molecule has 1 aromatic carbocycles. The van der Waals surface area contributed by atoms with Gasteiger partial charge in [-0.25, -0.2) is 0 Å². The zero-order valence-corrected chi connectivity index (χ0v) is 7.53. The SMILES string of the molecule is Cc1ccc2c(c1)C(C)NS2. The van der Waals surface area contributed by atoms with Gasteiger partial charge in [0.25, 0.3) is 0 Å². The molecule has 0 spiro atoms. The molecule has 1 aliphatic rings. The fourth-order valence-electron chi connectivity index (χ4n) is 1.31. The van der Waals surface area contributed by atoms with Crippen LogP contribution in [0.4, 0.5) is 0 Å². The van der Waals surface area contributed by atoms with E-state index >= 15 is 0 Å². The summed E-state index contributed by atoms with van der Waals surface area (Å²) < 4.78 is 3.33. The van der Waals surface area contributed by atoms with Gasteiger partial charge < -0.3 is 0 Å². The third kappa shape index (κ3) is 1.17. The van der Waals surface area contributed by atoms with Gasteiger partial charge in [0.1, 0.15) is 0 Å². The van der Waals surface area contributed by atoms with Crippen LogP contribution in [-0.2, 0) is 0 Å². The van der Waals surface area contributed by atoms with E-state index in [9.17, 15) is 0 Å². The van der Waals surface area contributed by atoms with Crippen molar-refractivity contribution in [1.82, 2.24) is 4.72 Å². The zero-order valence-electron chi connectivity index (χ0n) is 6.72. The Bertz CT molecular complexity index is 283. The normalized spacial score (nSPS) is 21.8. The van der Waals surface area contributed by atoms with Gasteiger partial charge >= 0.3 is 0 Å². The Balaban J connectivity index is 2.52. The molecule has 0 fully saturated rings. The van der Waals surface area contributed by atoms with Crippen LogP contribution in [0.1, 0.15) is 24.1 Å². The van der Waals surface area contributed by atoms with Gasteiger partial charge in [0.2, 0.25) is 0 Å². The average Bonchev–Trinajstić information content (AvgIpc) is 2.33. The van der Waals surface area contributed by atoms with E-state index < -0.39 is 0 Å². The molecule has 2 heteroatoms. The lowest BCUT2D eigenvalue weighted by atomic mass is 10.1. The monoisotopic (exact) mass is 165 g/mol. The highest BCUT2D eigenvalue weighted by Gasteiger charge is 2.17. The van der Waals surface area contributed by atoms with Crippen LogP contribution >= 0.6 is 11.9 Å². The molecule has 1 atom stereocenters. The summed E-state index contributed by atoms with van der Waals surface area (Å²) in [4.78, 5) is 1.38. The molecule has 0 saturated heterocycles. The van der Waals surface area contributed by atoms with E-state index in [0.717, 1.165) is 0 Å². The molecule has 1 aliphatic heterocycles. The third-order valence-corrected chi connectivity index (χ3v) is 3.04. The molecule has 0 bridgehead atoms. The fourth-order valence-corrected chi connectivity index (χ4v) is 2.23. The molecule has 0 aromatic heterocycles. The molecule has 1 heterocycles. The highest BCUT2D eigenvalue weighted by atomic mass is 32.2. The first-order valence-electron chi connectivity index (χ1n) is 3.80. The summed E-state index contributed by atoms with van der Waals surface area (Å²) in [5.41, 5.74) is 2.79. The van der Waals surface area contributed by atoms with Crippen molar-refractivity contribution in [3.63, 3.8) is 0 Å². The second-order valence-electron chi connectivity index (χ2n) is 2.98. The number of rotatable bonds is 0. The molecule has 11 heavy (non-hydrogen) atoms. The van der Waals surface area contributed by atoms with Gasteiger partial charge in [-0.3, -0.25) is 4.72 Å². The topological polar surface area (TPSA) is 12.0 Å². The number of hydrogen-bond acceptors (Lipinski definition) is 2. The summed E-state index contributed by atoms with van der Waals surface area (Å²) in [6.45, 7) is 4.33. The van der Waals surface area contributed by atoms with E-state index in [4.69, 9.17) is 0 Å². The van der Waals surface area contributed by atoms with Crippen LogP contribution in [0, 0.1) is 6.92 Å². The Kier molecular flexibility index (Phi) is 1.66.